The zero-order chi connectivity index (χ0) is 11.6. The molecule has 1 heterocycles. The molecular formula is C8H6ClF3N2S. The fourth-order valence-electron chi connectivity index (χ4n) is 0.960. The third-order valence-corrected chi connectivity index (χ3v) is 2.09. The summed E-state index contributed by atoms with van der Waals surface area (Å²) in [7, 11) is 0. The molecule has 0 aliphatic carbocycles. The zero-order valence-corrected chi connectivity index (χ0v) is 8.88. The first-order valence-electron chi connectivity index (χ1n) is 3.80. The number of rotatable bonds is 2. The average molecular weight is 255 g/mol. The van der Waals surface area contributed by atoms with E-state index in [9.17, 15) is 13.2 Å². The predicted octanol–water partition coefficient (Wildman–Crippen LogP) is 2.58. The Labute approximate surface area is 94.2 Å². The van der Waals surface area contributed by atoms with Gasteiger partial charge in [-0.15, -0.1) is 0 Å². The zero-order valence-electron chi connectivity index (χ0n) is 7.31. The molecule has 0 unspecified atom stereocenters. The van der Waals surface area contributed by atoms with E-state index >= 15 is 0 Å². The van der Waals surface area contributed by atoms with Crippen LogP contribution >= 0.6 is 23.8 Å². The number of halogens is 4. The molecular weight excluding hydrogens is 249 g/mol. The summed E-state index contributed by atoms with van der Waals surface area (Å²) in [5.74, 6) is 0. The second-order valence-electron chi connectivity index (χ2n) is 2.81. The molecule has 1 aromatic heterocycles. The number of pyridine rings is 1. The van der Waals surface area contributed by atoms with E-state index in [1.54, 1.807) is 0 Å². The first kappa shape index (κ1) is 12.2. The van der Waals surface area contributed by atoms with Crippen LogP contribution in [-0.4, -0.2) is 9.97 Å². The molecule has 1 aromatic rings. The van der Waals surface area contributed by atoms with E-state index in [-0.39, 0.29) is 22.1 Å². The molecule has 2 nitrogen and oxygen atoms in total. The van der Waals surface area contributed by atoms with Crippen molar-refractivity contribution >= 4 is 28.8 Å². The van der Waals surface area contributed by atoms with Crippen molar-refractivity contribution in [1.82, 2.24) is 4.98 Å². The molecule has 0 saturated heterocycles. The molecule has 0 radical (unpaired) electrons. The number of nitrogens with zero attached hydrogens (tertiary/aromatic N) is 1. The van der Waals surface area contributed by atoms with E-state index in [0.29, 0.717) is 6.20 Å². The highest BCUT2D eigenvalue weighted by Crippen LogP contribution is 2.30. The van der Waals surface area contributed by atoms with E-state index in [1.165, 1.54) is 0 Å². The monoisotopic (exact) mass is 254 g/mol. The van der Waals surface area contributed by atoms with Gasteiger partial charge in [0.15, 0.2) is 0 Å². The highest BCUT2D eigenvalue weighted by Gasteiger charge is 2.31. The highest BCUT2D eigenvalue weighted by molar-refractivity contribution is 7.80. The van der Waals surface area contributed by atoms with E-state index < -0.39 is 11.7 Å². The predicted molar refractivity (Wildman–Crippen MR) is 54.7 cm³/mol. The van der Waals surface area contributed by atoms with Crippen LogP contribution in [0.1, 0.15) is 11.1 Å². The lowest BCUT2D eigenvalue weighted by atomic mass is 10.1. The van der Waals surface area contributed by atoms with Crippen LogP contribution in [0, 0.1) is 0 Å². The van der Waals surface area contributed by atoms with Gasteiger partial charge >= 0.3 is 6.18 Å². The molecule has 15 heavy (non-hydrogen) atoms. The summed E-state index contributed by atoms with van der Waals surface area (Å²) in [6.07, 6.45) is -3.76. The van der Waals surface area contributed by atoms with Gasteiger partial charge in [-0.05, 0) is 11.6 Å². The largest absolute Gasteiger partial charge is 0.417 e. The summed E-state index contributed by atoms with van der Waals surface area (Å²) >= 11 is 10.2. The standard InChI is InChI=1S/C8H6ClF3N2S/c9-7-4(2-6(13)15)1-5(3-14-7)8(10,11)12/h1,3H,2H2,(H2,13,15). The fraction of sp³-hybridized carbons (Fsp3) is 0.250. The Morgan fingerprint density at radius 1 is 1.53 bits per heavy atom. The van der Waals surface area contributed by atoms with Gasteiger partial charge in [-0.1, -0.05) is 23.8 Å². The lowest BCUT2D eigenvalue weighted by Crippen LogP contribution is -2.13. The van der Waals surface area contributed by atoms with E-state index in [0.717, 1.165) is 6.07 Å². The first-order chi connectivity index (χ1) is 6.80. The average Bonchev–Trinajstić information content (AvgIpc) is 2.06. The molecule has 0 aliphatic rings. The van der Waals surface area contributed by atoms with Gasteiger partial charge in [-0.25, -0.2) is 4.98 Å². The van der Waals surface area contributed by atoms with Crippen LogP contribution in [0.25, 0.3) is 0 Å². The minimum absolute atomic E-state index is 0.00505. The van der Waals surface area contributed by atoms with Gasteiger partial charge in [-0.2, -0.15) is 13.2 Å². The maximum Gasteiger partial charge on any atom is 0.417 e. The molecule has 0 spiro atoms. The van der Waals surface area contributed by atoms with Gasteiger partial charge in [0.05, 0.1) is 10.6 Å². The van der Waals surface area contributed by atoms with E-state index in [4.69, 9.17) is 17.3 Å². The number of aromatic nitrogens is 1. The molecule has 0 aliphatic heterocycles. The Morgan fingerprint density at radius 3 is 2.60 bits per heavy atom. The molecule has 1 rings (SSSR count). The highest BCUT2D eigenvalue weighted by atomic mass is 35.5. The van der Waals surface area contributed by atoms with Crippen molar-refractivity contribution < 1.29 is 13.2 Å². The normalized spacial score (nSPS) is 11.5. The van der Waals surface area contributed by atoms with Crippen molar-refractivity contribution in [3.63, 3.8) is 0 Å². The summed E-state index contributed by atoms with van der Waals surface area (Å²) in [6.45, 7) is 0. The van der Waals surface area contributed by atoms with Crippen LogP contribution in [0.3, 0.4) is 0 Å². The molecule has 0 fully saturated rings. The summed E-state index contributed by atoms with van der Waals surface area (Å²) in [6, 6.07) is 0.897. The molecule has 0 saturated carbocycles. The van der Waals surface area contributed by atoms with Gasteiger partial charge < -0.3 is 5.73 Å². The molecule has 0 amide bonds. The summed E-state index contributed by atoms with van der Waals surface area (Å²) in [5.41, 5.74) is 4.53. The third kappa shape index (κ3) is 3.32. The Bertz CT molecular complexity index is 392. The van der Waals surface area contributed by atoms with Crippen LogP contribution in [0.2, 0.25) is 5.15 Å². The summed E-state index contributed by atoms with van der Waals surface area (Å²) in [4.78, 5) is 3.50. The first-order valence-corrected chi connectivity index (χ1v) is 4.59. The van der Waals surface area contributed by atoms with Gasteiger partial charge in [0.1, 0.15) is 5.15 Å². The van der Waals surface area contributed by atoms with Crippen LogP contribution < -0.4 is 5.73 Å². The topological polar surface area (TPSA) is 38.9 Å². The SMILES string of the molecule is NC(=S)Cc1cc(C(F)(F)F)cnc1Cl. The minimum atomic E-state index is -4.44. The van der Waals surface area contributed by atoms with Crippen molar-refractivity contribution in [3.8, 4) is 0 Å². The van der Waals surface area contributed by atoms with Crippen molar-refractivity contribution in [2.45, 2.75) is 12.6 Å². The number of alkyl halides is 3. The Morgan fingerprint density at radius 2 is 2.13 bits per heavy atom. The van der Waals surface area contributed by atoms with Gasteiger partial charge in [0, 0.05) is 12.6 Å². The van der Waals surface area contributed by atoms with Crippen molar-refractivity contribution in [2.75, 3.05) is 0 Å². The summed E-state index contributed by atoms with van der Waals surface area (Å²) < 4.78 is 36.9. The molecule has 2 N–H and O–H groups in total. The van der Waals surface area contributed by atoms with Gasteiger partial charge in [0.2, 0.25) is 0 Å². The Hall–Kier alpha value is -0.880. The molecule has 0 bridgehead atoms. The van der Waals surface area contributed by atoms with Gasteiger partial charge in [0.25, 0.3) is 0 Å². The number of hydrogen-bond acceptors (Lipinski definition) is 2. The Balaban J connectivity index is 3.11. The Kier molecular flexibility index (Phi) is 3.51. The number of nitrogens with two attached hydrogens (primary N) is 1. The van der Waals surface area contributed by atoms with Crippen LogP contribution in [0.5, 0.6) is 0 Å². The van der Waals surface area contributed by atoms with Crippen molar-refractivity contribution in [3.05, 3.63) is 28.5 Å². The molecule has 7 heteroatoms. The fourth-order valence-corrected chi connectivity index (χ4v) is 1.29. The maximum absolute atomic E-state index is 12.3. The molecule has 0 aromatic carbocycles. The second kappa shape index (κ2) is 4.32. The van der Waals surface area contributed by atoms with Gasteiger partial charge in [-0.3, -0.25) is 0 Å². The van der Waals surface area contributed by atoms with Crippen LogP contribution in [0.15, 0.2) is 12.3 Å². The molecule has 0 atom stereocenters. The maximum atomic E-state index is 12.3. The van der Waals surface area contributed by atoms with E-state index in [1.807, 2.05) is 0 Å². The van der Waals surface area contributed by atoms with Crippen molar-refractivity contribution in [1.29, 1.82) is 0 Å². The lowest BCUT2D eigenvalue weighted by molar-refractivity contribution is -0.137. The van der Waals surface area contributed by atoms with Crippen LogP contribution in [0.4, 0.5) is 13.2 Å². The quantitative estimate of drug-likeness (QED) is 0.651. The minimum Gasteiger partial charge on any atom is -0.393 e. The van der Waals surface area contributed by atoms with E-state index in [2.05, 4.69) is 17.2 Å². The second-order valence-corrected chi connectivity index (χ2v) is 3.70. The smallest absolute Gasteiger partial charge is 0.393 e. The number of hydrogen-bond donors (Lipinski definition) is 1. The lowest BCUT2D eigenvalue weighted by Gasteiger charge is -2.08. The molecule has 82 valence electrons. The summed E-state index contributed by atoms with van der Waals surface area (Å²) in [5, 5.41) is -0.0178. The third-order valence-electron chi connectivity index (χ3n) is 1.60. The van der Waals surface area contributed by atoms with Crippen LogP contribution in [-0.2, 0) is 12.6 Å². The van der Waals surface area contributed by atoms with Crippen molar-refractivity contribution in [2.24, 2.45) is 5.73 Å². The number of thiocarbonyl (C=S) groups is 1.